The van der Waals surface area contributed by atoms with Gasteiger partial charge >= 0.3 is 0 Å². The van der Waals surface area contributed by atoms with Gasteiger partial charge in [0.1, 0.15) is 35.6 Å². The first-order valence-electron chi connectivity index (χ1n) is 11.2. The molecular weight excluding hydrogens is 479 g/mol. The van der Waals surface area contributed by atoms with Crippen LogP contribution in [0.15, 0.2) is 79.0 Å². The molecule has 0 saturated carbocycles. The summed E-state index contributed by atoms with van der Waals surface area (Å²) in [5, 5.41) is 9.60. The molecule has 2 aromatic carbocycles. The first-order valence-corrected chi connectivity index (χ1v) is 12.1. The molecule has 36 heavy (non-hydrogen) atoms. The number of aromatic nitrogens is 6. The van der Waals surface area contributed by atoms with Crippen molar-refractivity contribution in [3.63, 3.8) is 0 Å². The van der Waals surface area contributed by atoms with E-state index in [1.165, 1.54) is 30.1 Å². The third kappa shape index (κ3) is 4.20. The molecule has 4 heterocycles. The van der Waals surface area contributed by atoms with Crippen LogP contribution in [0.2, 0.25) is 0 Å². The zero-order valence-corrected chi connectivity index (χ0v) is 19.6. The van der Waals surface area contributed by atoms with Crippen LogP contribution >= 0.6 is 11.3 Å². The highest BCUT2D eigenvalue weighted by molar-refractivity contribution is 7.13. The third-order valence-corrected chi connectivity index (χ3v) is 6.81. The number of para-hydroxylation sites is 1. The van der Waals surface area contributed by atoms with Gasteiger partial charge in [0.05, 0.1) is 17.3 Å². The first kappa shape index (κ1) is 22.0. The highest BCUT2D eigenvalue weighted by atomic mass is 32.1. The summed E-state index contributed by atoms with van der Waals surface area (Å²) in [6.45, 7) is 1.08. The van der Waals surface area contributed by atoms with E-state index < -0.39 is 0 Å². The van der Waals surface area contributed by atoms with Crippen molar-refractivity contribution in [2.45, 2.75) is 0 Å². The SMILES string of the molecule is O=C(Nc1ccccc1-c1csc(-c2ccccc2F)n1)C1CN(c2cc(-n3cncn3)ncn2)C1. The van der Waals surface area contributed by atoms with E-state index in [4.69, 9.17) is 0 Å². The lowest BCUT2D eigenvalue weighted by molar-refractivity contribution is -0.120. The summed E-state index contributed by atoms with van der Waals surface area (Å²) in [5.74, 6) is 0.758. The predicted molar refractivity (Wildman–Crippen MR) is 134 cm³/mol. The molecule has 0 unspecified atom stereocenters. The van der Waals surface area contributed by atoms with E-state index in [1.807, 2.05) is 40.6 Å². The molecule has 9 nitrogen and oxygen atoms in total. The Morgan fingerprint density at radius 3 is 2.58 bits per heavy atom. The molecule has 0 radical (unpaired) electrons. The number of carbonyl (C=O) groups is 1. The lowest BCUT2D eigenvalue weighted by atomic mass is 9.98. The van der Waals surface area contributed by atoms with E-state index in [2.05, 4.69) is 30.4 Å². The molecule has 0 aliphatic carbocycles. The molecule has 1 fully saturated rings. The van der Waals surface area contributed by atoms with E-state index in [-0.39, 0.29) is 17.6 Å². The second-order valence-electron chi connectivity index (χ2n) is 8.23. The van der Waals surface area contributed by atoms with Gasteiger partial charge in [0.25, 0.3) is 0 Å². The molecular formula is C25H19FN8OS. The fourth-order valence-corrected chi connectivity index (χ4v) is 4.85. The van der Waals surface area contributed by atoms with Crippen molar-refractivity contribution in [1.29, 1.82) is 0 Å². The molecule has 1 amide bonds. The quantitative estimate of drug-likeness (QED) is 0.377. The lowest BCUT2D eigenvalue weighted by Crippen LogP contribution is -2.52. The van der Waals surface area contributed by atoms with Gasteiger partial charge in [-0.25, -0.2) is 29.0 Å². The number of amides is 1. The van der Waals surface area contributed by atoms with Gasteiger partial charge in [0.2, 0.25) is 5.91 Å². The van der Waals surface area contributed by atoms with Gasteiger partial charge in [0.15, 0.2) is 5.82 Å². The van der Waals surface area contributed by atoms with E-state index in [9.17, 15) is 9.18 Å². The number of hydrogen-bond donors (Lipinski definition) is 1. The Bertz CT molecular complexity index is 1530. The summed E-state index contributed by atoms with van der Waals surface area (Å²) in [4.78, 5) is 32.1. The second-order valence-corrected chi connectivity index (χ2v) is 9.09. The van der Waals surface area contributed by atoms with Gasteiger partial charge in [-0.15, -0.1) is 11.3 Å². The van der Waals surface area contributed by atoms with E-state index in [1.54, 1.807) is 29.2 Å². The number of nitrogens with zero attached hydrogens (tertiary/aromatic N) is 7. The van der Waals surface area contributed by atoms with Crippen molar-refractivity contribution in [1.82, 2.24) is 29.7 Å². The number of hydrogen-bond acceptors (Lipinski definition) is 8. The fourth-order valence-electron chi connectivity index (χ4n) is 4.00. The van der Waals surface area contributed by atoms with Crippen molar-refractivity contribution < 1.29 is 9.18 Å². The topological polar surface area (TPSA) is 102 Å². The van der Waals surface area contributed by atoms with Crippen molar-refractivity contribution >= 4 is 28.7 Å². The molecule has 5 aromatic rings. The molecule has 1 saturated heterocycles. The van der Waals surface area contributed by atoms with Crippen LogP contribution in [-0.2, 0) is 4.79 Å². The highest BCUT2D eigenvalue weighted by Gasteiger charge is 2.34. The fraction of sp³-hybridized carbons (Fsp3) is 0.120. The number of halogens is 1. The standard InChI is InChI=1S/C25H19FN8OS/c26-19-7-3-1-5-17(19)25-32-21(12-36-25)18-6-2-4-8-20(18)31-24(35)16-10-33(11-16)22-9-23(29-14-28-22)34-15-27-13-30-34/h1-9,12-16H,10-11H2,(H,31,35). The summed E-state index contributed by atoms with van der Waals surface area (Å²) < 4.78 is 15.8. The number of benzene rings is 2. The molecule has 0 spiro atoms. The van der Waals surface area contributed by atoms with Crippen LogP contribution in [0.3, 0.4) is 0 Å². The summed E-state index contributed by atoms with van der Waals surface area (Å²) in [7, 11) is 0. The smallest absolute Gasteiger partial charge is 0.231 e. The third-order valence-electron chi connectivity index (χ3n) is 5.94. The van der Waals surface area contributed by atoms with Crippen LogP contribution in [0.25, 0.3) is 27.6 Å². The van der Waals surface area contributed by atoms with Crippen LogP contribution in [-0.4, -0.2) is 48.7 Å². The van der Waals surface area contributed by atoms with Crippen LogP contribution in [0, 0.1) is 11.7 Å². The Hall–Kier alpha value is -4.51. The zero-order chi connectivity index (χ0) is 24.5. The van der Waals surface area contributed by atoms with Gasteiger partial charge in [-0.1, -0.05) is 30.3 Å². The average molecular weight is 499 g/mol. The number of thiazole rings is 1. The van der Waals surface area contributed by atoms with Crippen molar-refractivity contribution in [2.24, 2.45) is 5.92 Å². The van der Waals surface area contributed by atoms with Gasteiger partial charge in [0, 0.05) is 35.7 Å². The summed E-state index contributed by atoms with van der Waals surface area (Å²) >= 11 is 1.37. The maximum absolute atomic E-state index is 14.2. The molecule has 1 aliphatic rings. The Kier molecular flexibility index (Phi) is 5.66. The average Bonchev–Trinajstić information content (AvgIpc) is 3.57. The Balaban J connectivity index is 1.15. The Morgan fingerprint density at radius 1 is 1.00 bits per heavy atom. The molecule has 0 atom stereocenters. The van der Waals surface area contributed by atoms with E-state index in [0.29, 0.717) is 40.9 Å². The van der Waals surface area contributed by atoms with Gasteiger partial charge in [-0.2, -0.15) is 5.10 Å². The van der Waals surface area contributed by atoms with E-state index in [0.717, 1.165) is 11.4 Å². The normalized spacial score (nSPS) is 13.4. The van der Waals surface area contributed by atoms with E-state index >= 15 is 0 Å². The molecule has 178 valence electrons. The van der Waals surface area contributed by atoms with Crippen molar-refractivity contribution in [2.75, 3.05) is 23.3 Å². The summed E-state index contributed by atoms with van der Waals surface area (Å²) in [5.41, 5.74) is 2.60. The highest BCUT2D eigenvalue weighted by Crippen LogP contribution is 2.34. The molecule has 11 heteroatoms. The minimum atomic E-state index is -0.313. The molecule has 3 aromatic heterocycles. The number of anilines is 2. The van der Waals surface area contributed by atoms with Crippen LogP contribution in [0.4, 0.5) is 15.9 Å². The summed E-state index contributed by atoms with van der Waals surface area (Å²) in [6.07, 6.45) is 4.48. The maximum atomic E-state index is 14.2. The molecule has 0 bridgehead atoms. The maximum Gasteiger partial charge on any atom is 0.231 e. The minimum Gasteiger partial charge on any atom is -0.355 e. The van der Waals surface area contributed by atoms with Crippen molar-refractivity contribution in [3.05, 3.63) is 84.8 Å². The van der Waals surface area contributed by atoms with Crippen molar-refractivity contribution in [3.8, 4) is 27.6 Å². The monoisotopic (exact) mass is 498 g/mol. The Morgan fingerprint density at radius 2 is 1.78 bits per heavy atom. The molecule has 6 rings (SSSR count). The van der Waals surface area contributed by atoms with Crippen LogP contribution < -0.4 is 10.2 Å². The second kappa shape index (κ2) is 9.27. The first-order chi connectivity index (χ1) is 17.7. The lowest BCUT2D eigenvalue weighted by Gasteiger charge is -2.39. The predicted octanol–water partition coefficient (Wildman–Crippen LogP) is 4.06. The largest absolute Gasteiger partial charge is 0.355 e. The number of rotatable bonds is 6. The van der Waals surface area contributed by atoms with Gasteiger partial charge in [-0.05, 0) is 18.2 Å². The number of carbonyl (C=O) groups excluding carboxylic acids is 1. The minimum absolute atomic E-state index is 0.0752. The zero-order valence-electron chi connectivity index (χ0n) is 18.8. The number of nitrogens with one attached hydrogen (secondary N) is 1. The molecule has 1 N–H and O–H groups in total. The Labute approximate surface area is 209 Å². The van der Waals surface area contributed by atoms with Crippen LogP contribution in [0.5, 0.6) is 0 Å². The van der Waals surface area contributed by atoms with Gasteiger partial charge < -0.3 is 10.2 Å². The van der Waals surface area contributed by atoms with Gasteiger partial charge in [-0.3, -0.25) is 4.79 Å². The summed E-state index contributed by atoms with van der Waals surface area (Å²) in [6, 6.07) is 15.9. The molecule has 1 aliphatic heterocycles. The van der Waals surface area contributed by atoms with Crippen LogP contribution in [0.1, 0.15) is 0 Å².